The summed E-state index contributed by atoms with van der Waals surface area (Å²) in [7, 11) is 0. The van der Waals surface area contributed by atoms with Gasteiger partial charge in [-0.05, 0) is 13.8 Å². The standard InChI is InChI=1S/C8H12O4.C4H6/c1-3-11-7(9)5-6-8(10)12-4-2;1-3-4-2/h5-6H,3-4H2,1-2H3;3-4H,1-2H2/b6-5-;. The molecule has 0 radical (unpaired) electrons. The van der Waals surface area contributed by atoms with E-state index in [9.17, 15) is 9.59 Å². The number of esters is 2. The monoisotopic (exact) mass is 226 g/mol. The predicted molar refractivity (Wildman–Crippen MR) is 62.8 cm³/mol. The Balaban J connectivity index is 0. The van der Waals surface area contributed by atoms with Crippen molar-refractivity contribution < 1.29 is 19.1 Å². The van der Waals surface area contributed by atoms with E-state index < -0.39 is 11.9 Å². The minimum atomic E-state index is -0.537. The summed E-state index contributed by atoms with van der Waals surface area (Å²) in [5.74, 6) is -1.07. The Morgan fingerprint density at radius 3 is 1.44 bits per heavy atom. The molecular weight excluding hydrogens is 208 g/mol. The maximum Gasteiger partial charge on any atom is 0.330 e. The Bertz CT molecular complexity index is 228. The Morgan fingerprint density at radius 2 is 1.25 bits per heavy atom. The van der Waals surface area contributed by atoms with Crippen LogP contribution in [-0.2, 0) is 19.1 Å². The minimum absolute atomic E-state index is 0.298. The van der Waals surface area contributed by atoms with E-state index in [4.69, 9.17) is 0 Å². The number of rotatable bonds is 5. The molecule has 16 heavy (non-hydrogen) atoms. The summed E-state index contributed by atoms with van der Waals surface area (Å²) in [5.41, 5.74) is 0. The van der Waals surface area contributed by atoms with Crippen molar-refractivity contribution in [3.05, 3.63) is 37.5 Å². The molecular formula is C12H18O4. The normalized spacial score (nSPS) is 8.62. The van der Waals surface area contributed by atoms with Gasteiger partial charge in [0, 0.05) is 12.2 Å². The largest absolute Gasteiger partial charge is 0.463 e. The molecule has 0 aliphatic heterocycles. The summed E-state index contributed by atoms with van der Waals surface area (Å²) in [6.45, 7) is 10.7. The van der Waals surface area contributed by atoms with E-state index in [0.717, 1.165) is 12.2 Å². The van der Waals surface area contributed by atoms with Crippen molar-refractivity contribution in [3.8, 4) is 0 Å². The molecule has 4 heteroatoms. The van der Waals surface area contributed by atoms with Crippen LogP contribution < -0.4 is 0 Å². The molecule has 0 aliphatic carbocycles. The van der Waals surface area contributed by atoms with Crippen LogP contribution in [0.2, 0.25) is 0 Å². The molecule has 4 nitrogen and oxygen atoms in total. The molecule has 0 atom stereocenters. The second-order valence-corrected chi connectivity index (χ2v) is 2.31. The molecule has 0 aromatic carbocycles. The van der Waals surface area contributed by atoms with Crippen molar-refractivity contribution in [2.24, 2.45) is 0 Å². The average molecular weight is 226 g/mol. The van der Waals surface area contributed by atoms with Gasteiger partial charge in [0.15, 0.2) is 0 Å². The van der Waals surface area contributed by atoms with Crippen LogP contribution in [-0.4, -0.2) is 25.2 Å². The second kappa shape index (κ2) is 13.2. The van der Waals surface area contributed by atoms with Gasteiger partial charge in [0.1, 0.15) is 0 Å². The Labute approximate surface area is 96.2 Å². The SMILES string of the molecule is C=CC=C.CCOC(=O)/C=C\C(=O)OCC. The van der Waals surface area contributed by atoms with Gasteiger partial charge in [0.2, 0.25) is 0 Å². The van der Waals surface area contributed by atoms with Crippen LogP contribution in [0.4, 0.5) is 0 Å². The van der Waals surface area contributed by atoms with E-state index in [-0.39, 0.29) is 0 Å². The third-order valence-corrected chi connectivity index (χ3v) is 1.10. The summed E-state index contributed by atoms with van der Waals surface area (Å²) < 4.78 is 9.07. The number of carbonyl (C=O) groups is 2. The molecule has 90 valence electrons. The van der Waals surface area contributed by atoms with Crippen molar-refractivity contribution in [1.29, 1.82) is 0 Å². The molecule has 0 N–H and O–H groups in total. The van der Waals surface area contributed by atoms with Crippen LogP contribution in [0.5, 0.6) is 0 Å². The molecule has 0 heterocycles. The number of ether oxygens (including phenoxy) is 2. The van der Waals surface area contributed by atoms with Crippen molar-refractivity contribution >= 4 is 11.9 Å². The van der Waals surface area contributed by atoms with Gasteiger partial charge >= 0.3 is 11.9 Å². The summed E-state index contributed by atoms with van der Waals surface area (Å²) in [6.07, 6.45) is 5.36. The zero-order valence-corrected chi connectivity index (χ0v) is 9.77. The zero-order valence-electron chi connectivity index (χ0n) is 9.77. The maximum atomic E-state index is 10.6. The molecule has 0 amide bonds. The van der Waals surface area contributed by atoms with Gasteiger partial charge in [0.25, 0.3) is 0 Å². The maximum absolute atomic E-state index is 10.6. The van der Waals surface area contributed by atoms with E-state index in [1.54, 1.807) is 26.0 Å². The summed E-state index contributed by atoms with van der Waals surface area (Å²) in [6, 6.07) is 0. The Kier molecular flexibility index (Phi) is 13.6. The van der Waals surface area contributed by atoms with Crippen molar-refractivity contribution in [3.63, 3.8) is 0 Å². The van der Waals surface area contributed by atoms with Gasteiger partial charge < -0.3 is 9.47 Å². The van der Waals surface area contributed by atoms with Crippen molar-refractivity contribution in [2.45, 2.75) is 13.8 Å². The van der Waals surface area contributed by atoms with E-state index >= 15 is 0 Å². The molecule has 0 aromatic rings. The number of allylic oxidation sites excluding steroid dienone is 2. The van der Waals surface area contributed by atoms with Gasteiger partial charge in [-0.1, -0.05) is 25.3 Å². The highest BCUT2D eigenvalue weighted by atomic mass is 16.5. The van der Waals surface area contributed by atoms with Crippen molar-refractivity contribution in [2.75, 3.05) is 13.2 Å². The quantitative estimate of drug-likeness (QED) is 0.409. The predicted octanol–water partition coefficient (Wildman–Crippen LogP) is 2.03. The molecule has 0 aliphatic rings. The third kappa shape index (κ3) is 14.7. The van der Waals surface area contributed by atoms with Crippen molar-refractivity contribution in [1.82, 2.24) is 0 Å². The van der Waals surface area contributed by atoms with Crippen LogP contribution in [0, 0.1) is 0 Å². The summed E-state index contributed by atoms with van der Waals surface area (Å²) >= 11 is 0. The Hall–Kier alpha value is -1.84. The second-order valence-electron chi connectivity index (χ2n) is 2.31. The van der Waals surface area contributed by atoms with Crippen LogP contribution in [0.1, 0.15) is 13.8 Å². The first-order valence-corrected chi connectivity index (χ1v) is 4.87. The third-order valence-electron chi connectivity index (χ3n) is 1.10. The van der Waals surface area contributed by atoms with Crippen LogP contribution >= 0.6 is 0 Å². The molecule has 0 fully saturated rings. The van der Waals surface area contributed by atoms with E-state index in [1.807, 2.05) is 0 Å². The van der Waals surface area contributed by atoms with E-state index in [0.29, 0.717) is 13.2 Å². The van der Waals surface area contributed by atoms with Crippen LogP contribution in [0.3, 0.4) is 0 Å². The topological polar surface area (TPSA) is 52.6 Å². The molecule has 0 saturated carbocycles. The van der Waals surface area contributed by atoms with E-state index in [2.05, 4.69) is 22.6 Å². The lowest BCUT2D eigenvalue weighted by Crippen LogP contribution is -2.03. The highest BCUT2D eigenvalue weighted by molar-refractivity contribution is 5.91. The highest BCUT2D eigenvalue weighted by Crippen LogP contribution is 1.84. The fraction of sp³-hybridized carbons (Fsp3) is 0.333. The fourth-order valence-corrected chi connectivity index (χ4v) is 0.517. The van der Waals surface area contributed by atoms with Crippen LogP contribution in [0.25, 0.3) is 0 Å². The fourth-order valence-electron chi connectivity index (χ4n) is 0.517. The smallest absolute Gasteiger partial charge is 0.330 e. The first-order chi connectivity index (χ1) is 7.62. The minimum Gasteiger partial charge on any atom is -0.463 e. The molecule has 0 aromatic heterocycles. The first-order valence-electron chi connectivity index (χ1n) is 4.87. The molecule has 0 spiro atoms. The molecule has 0 saturated heterocycles. The lowest BCUT2D eigenvalue weighted by atomic mass is 10.5. The van der Waals surface area contributed by atoms with Gasteiger partial charge in [-0.3, -0.25) is 0 Å². The summed E-state index contributed by atoms with van der Waals surface area (Å²) in [4.78, 5) is 21.3. The number of hydrogen-bond acceptors (Lipinski definition) is 4. The Morgan fingerprint density at radius 1 is 0.938 bits per heavy atom. The average Bonchev–Trinajstić information content (AvgIpc) is 2.28. The van der Waals surface area contributed by atoms with Gasteiger partial charge in [-0.2, -0.15) is 0 Å². The lowest BCUT2D eigenvalue weighted by Gasteiger charge is -1.95. The van der Waals surface area contributed by atoms with Gasteiger partial charge in [-0.25, -0.2) is 9.59 Å². The molecule has 0 rings (SSSR count). The molecule has 0 unspecified atom stereocenters. The van der Waals surface area contributed by atoms with E-state index in [1.165, 1.54) is 0 Å². The number of carbonyl (C=O) groups excluding carboxylic acids is 2. The summed E-state index contributed by atoms with van der Waals surface area (Å²) in [5, 5.41) is 0. The highest BCUT2D eigenvalue weighted by Gasteiger charge is 1.97. The van der Waals surface area contributed by atoms with Gasteiger partial charge in [0.05, 0.1) is 13.2 Å². The zero-order chi connectivity index (χ0) is 12.8. The van der Waals surface area contributed by atoms with Gasteiger partial charge in [-0.15, -0.1) is 0 Å². The van der Waals surface area contributed by atoms with Crippen LogP contribution in [0.15, 0.2) is 37.5 Å². The number of hydrogen-bond donors (Lipinski definition) is 0. The molecule has 0 bridgehead atoms. The lowest BCUT2D eigenvalue weighted by molar-refractivity contribution is -0.140. The first kappa shape index (κ1) is 16.6.